The number of aliphatic hydroxyl groups excluding tert-OH is 1. The van der Waals surface area contributed by atoms with E-state index in [1.807, 2.05) is 52.0 Å². The summed E-state index contributed by atoms with van der Waals surface area (Å²) in [4.78, 5) is 16.2. The smallest absolute Gasteiger partial charge is 0.412 e. The molecule has 1 amide bonds. The second-order valence-electron chi connectivity index (χ2n) is 8.26. The molecule has 0 saturated carbocycles. The fraction of sp³-hybridized carbons (Fsp3) is 0.417. The predicted octanol–water partition coefficient (Wildman–Crippen LogP) is 4.62. The number of benzene rings is 2. The van der Waals surface area contributed by atoms with Crippen molar-refractivity contribution in [3.8, 4) is 0 Å². The van der Waals surface area contributed by atoms with Crippen LogP contribution in [0.15, 0.2) is 53.5 Å². The Labute approximate surface area is 212 Å². The molecule has 0 saturated heterocycles. The molecule has 0 spiro atoms. The van der Waals surface area contributed by atoms with Gasteiger partial charge < -0.3 is 20.5 Å². The lowest BCUT2D eigenvalue weighted by Gasteiger charge is -2.19. The van der Waals surface area contributed by atoms with Gasteiger partial charge in [0, 0.05) is 24.3 Å². The first kappa shape index (κ1) is 28.6. The summed E-state index contributed by atoms with van der Waals surface area (Å²) in [5.74, 6) is 0.101. The molecule has 182 valence electrons. The van der Waals surface area contributed by atoms with E-state index in [1.165, 1.54) is 6.07 Å². The monoisotopic (exact) mass is 572 g/mol. The van der Waals surface area contributed by atoms with Crippen LogP contribution >= 0.6 is 24.0 Å². The summed E-state index contributed by atoms with van der Waals surface area (Å²) >= 11 is 0. The van der Waals surface area contributed by atoms with E-state index < -0.39 is 23.6 Å². The number of ether oxygens (including phenoxy) is 1. The number of nitrogens with zero attached hydrogens (tertiary/aromatic N) is 1. The molecule has 0 aliphatic heterocycles. The third kappa shape index (κ3) is 10.8. The number of carbonyl (C=O) groups is 1. The highest BCUT2D eigenvalue weighted by atomic mass is 127. The van der Waals surface area contributed by atoms with Crippen molar-refractivity contribution in [2.45, 2.75) is 45.8 Å². The summed E-state index contributed by atoms with van der Waals surface area (Å²) in [6.07, 6.45) is -0.778. The average Bonchev–Trinajstić information content (AvgIpc) is 2.72. The van der Waals surface area contributed by atoms with Crippen LogP contribution in [0.4, 0.5) is 14.9 Å². The molecule has 9 heteroatoms. The summed E-state index contributed by atoms with van der Waals surface area (Å²) < 4.78 is 19.0. The lowest BCUT2D eigenvalue weighted by atomic mass is 10.1. The average molecular weight is 572 g/mol. The molecule has 0 fully saturated rings. The minimum Gasteiger partial charge on any atom is -0.444 e. The molecule has 0 heterocycles. The molecule has 0 aliphatic rings. The standard InChI is InChI=1S/C24H33FN4O3.HI/c1-5-26-22(28-16-21(30)19-8-6-7-9-20(19)25)27-15-14-17-10-12-18(13-11-17)29-23(31)32-24(2,3)4;/h6-13,21,30H,5,14-16H2,1-4H3,(H,29,31)(H2,26,27,28);1H. The quantitative estimate of drug-likeness (QED) is 0.211. The van der Waals surface area contributed by atoms with Crippen molar-refractivity contribution in [1.29, 1.82) is 0 Å². The molecule has 4 N–H and O–H groups in total. The Hall–Kier alpha value is -2.40. The van der Waals surface area contributed by atoms with E-state index in [1.54, 1.807) is 18.2 Å². The highest BCUT2D eigenvalue weighted by Gasteiger charge is 2.16. The number of aliphatic hydroxyl groups is 1. The predicted molar refractivity (Wildman–Crippen MR) is 141 cm³/mol. The van der Waals surface area contributed by atoms with Crippen molar-refractivity contribution in [2.75, 3.05) is 25.0 Å². The maximum atomic E-state index is 13.8. The molecule has 0 aliphatic carbocycles. The Bertz CT molecular complexity index is 901. The van der Waals surface area contributed by atoms with Crippen molar-refractivity contribution < 1.29 is 19.0 Å². The van der Waals surface area contributed by atoms with Crippen molar-refractivity contribution in [3.63, 3.8) is 0 Å². The molecule has 2 aromatic rings. The van der Waals surface area contributed by atoms with Gasteiger partial charge in [-0.2, -0.15) is 0 Å². The SMILES string of the molecule is CCNC(=NCC(O)c1ccccc1F)NCCc1ccc(NC(=O)OC(C)(C)C)cc1.I. The normalized spacial score (nSPS) is 12.4. The van der Waals surface area contributed by atoms with Crippen molar-refractivity contribution >= 4 is 41.7 Å². The minimum absolute atomic E-state index is 0. The largest absolute Gasteiger partial charge is 0.444 e. The van der Waals surface area contributed by atoms with Gasteiger partial charge in [0.2, 0.25) is 0 Å². The van der Waals surface area contributed by atoms with E-state index in [2.05, 4.69) is 20.9 Å². The van der Waals surface area contributed by atoms with Gasteiger partial charge in [0.15, 0.2) is 5.96 Å². The van der Waals surface area contributed by atoms with E-state index in [9.17, 15) is 14.3 Å². The van der Waals surface area contributed by atoms with E-state index in [0.717, 1.165) is 12.0 Å². The number of guanidine groups is 1. The summed E-state index contributed by atoms with van der Waals surface area (Å²) in [5, 5.41) is 19.3. The fourth-order valence-corrected chi connectivity index (χ4v) is 2.86. The van der Waals surface area contributed by atoms with Crippen LogP contribution in [0.25, 0.3) is 0 Å². The molecule has 2 aromatic carbocycles. The van der Waals surface area contributed by atoms with Gasteiger partial charge in [0.25, 0.3) is 0 Å². The number of rotatable bonds is 8. The zero-order valence-corrected chi connectivity index (χ0v) is 21.9. The first-order chi connectivity index (χ1) is 15.2. The van der Waals surface area contributed by atoms with Crippen LogP contribution in [0.5, 0.6) is 0 Å². The van der Waals surface area contributed by atoms with Gasteiger partial charge in [0.1, 0.15) is 17.5 Å². The van der Waals surface area contributed by atoms with Crippen LogP contribution < -0.4 is 16.0 Å². The number of halogens is 2. The lowest BCUT2D eigenvalue weighted by Crippen LogP contribution is -2.38. The van der Waals surface area contributed by atoms with Gasteiger partial charge in [-0.15, -0.1) is 24.0 Å². The van der Waals surface area contributed by atoms with Crippen molar-refractivity contribution in [1.82, 2.24) is 10.6 Å². The number of anilines is 1. The molecular formula is C24H34FIN4O3. The summed E-state index contributed by atoms with van der Waals surface area (Å²) in [6.45, 7) is 8.70. The molecule has 0 radical (unpaired) electrons. The Kier molecular flexibility index (Phi) is 12.1. The van der Waals surface area contributed by atoms with Crippen molar-refractivity contribution in [3.05, 3.63) is 65.5 Å². The summed E-state index contributed by atoms with van der Waals surface area (Å²) in [5.41, 5.74) is 1.42. The van der Waals surface area contributed by atoms with E-state index in [4.69, 9.17) is 4.74 Å². The zero-order valence-electron chi connectivity index (χ0n) is 19.5. The van der Waals surface area contributed by atoms with Gasteiger partial charge in [-0.1, -0.05) is 30.3 Å². The fourth-order valence-electron chi connectivity index (χ4n) is 2.86. The highest BCUT2D eigenvalue weighted by Crippen LogP contribution is 2.17. The molecule has 33 heavy (non-hydrogen) atoms. The van der Waals surface area contributed by atoms with Crippen LogP contribution in [0.2, 0.25) is 0 Å². The molecule has 2 rings (SSSR count). The molecule has 0 bridgehead atoms. The minimum atomic E-state index is -1.02. The van der Waals surface area contributed by atoms with Crippen LogP contribution in [-0.2, 0) is 11.2 Å². The molecule has 0 aromatic heterocycles. The Morgan fingerprint density at radius 1 is 1.12 bits per heavy atom. The van der Waals surface area contributed by atoms with E-state index >= 15 is 0 Å². The molecule has 1 unspecified atom stereocenters. The molecular weight excluding hydrogens is 538 g/mol. The highest BCUT2D eigenvalue weighted by molar-refractivity contribution is 14.0. The summed E-state index contributed by atoms with van der Waals surface area (Å²) in [6, 6.07) is 13.6. The lowest BCUT2D eigenvalue weighted by molar-refractivity contribution is 0.0636. The second-order valence-corrected chi connectivity index (χ2v) is 8.26. The maximum absolute atomic E-state index is 13.8. The third-order valence-electron chi connectivity index (χ3n) is 4.34. The number of carbonyl (C=O) groups excluding carboxylic acids is 1. The zero-order chi connectivity index (χ0) is 23.6. The number of nitrogens with one attached hydrogen (secondary N) is 3. The van der Waals surface area contributed by atoms with Crippen LogP contribution in [-0.4, -0.2) is 42.4 Å². The summed E-state index contributed by atoms with van der Waals surface area (Å²) in [7, 11) is 0. The Morgan fingerprint density at radius 2 is 1.79 bits per heavy atom. The van der Waals surface area contributed by atoms with Crippen LogP contribution in [0, 0.1) is 5.82 Å². The Balaban J connectivity index is 0.00000544. The van der Waals surface area contributed by atoms with Crippen molar-refractivity contribution in [2.24, 2.45) is 4.99 Å². The molecule has 7 nitrogen and oxygen atoms in total. The van der Waals surface area contributed by atoms with Gasteiger partial charge in [0.05, 0.1) is 6.54 Å². The number of amides is 1. The first-order valence-corrected chi connectivity index (χ1v) is 10.7. The van der Waals surface area contributed by atoms with Crippen LogP contribution in [0.3, 0.4) is 0 Å². The van der Waals surface area contributed by atoms with Gasteiger partial charge in [-0.25, -0.2) is 9.18 Å². The Morgan fingerprint density at radius 3 is 2.39 bits per heavy atom. The maximum Gasteiger partial charge on any atom is 0.412 e. The number of hydrogen-bond donors (Lipinski definition) is 4. The van der Waals surface area contributed by atoms with Crippen LogP contribution in [0.1, 0.15) is 44.9 Å². The number of aliphatic imine (C=N–C) groups is 1. The van der Waals surface area contributed by atoms with E-state index in [-0.39, 0.29) is 36.1 Å². The topological polar surface area (TPSA) is 95.0 Å². The molecule has 1 atom stereocenters. The first-order valence-electron chi connectivity index (χ1n) is 10.7. The van der Waals surface area contributed by atoms with Gasteiger partial charge >= 0.3 is 6.09 Å². The van der Waals surface area contributed by atoms with Gasteiger partial charge in [-0.3, -0.25) is 10.3 Å². The number of hydrogen-bond acceptors (Lipinski definition) is 4. The van der Waals surface area contributed by atoms with Gasteiger partial charge in [-0.05, 0) is 57.9 Å². The second kappa shape index (κ2) is 14.0. The van der Waals surface area contributed by atoms with E-state index in [0.29, 0.717) is 24.7 Å². The third-order valence-corrected chi connectivity index (χ3v) is 4.34.